The van der Waals surface area contributed by atoms with Crippen molar-refractivity contribution in [1.29, 1.82) is 0 Å². The minimum absolute atomic E-state index is 0.316. The van der Waals surface area contributed by atoms with E-state index < -0.39 is 20.5 Å². The average Bonchev–Trinajstić information content (AvgIpc) is 2.57. The molecular formula is C18H36N2O4Si. The van der Waals surface area contributed by atoms with E-state index in [0.29, 0.717) is 6.61 Å². The fourth-order valence-electron chi connectivity index (χ4n) is 3.08. The molecule has 0 aromatic rings. The smallest absolute Gasteiger partial charge is 0.452 e. The predicted molar refractivity (Wildman–Crippen MR) is 102 cm³/mol. The van der Waals surface area contributed by atoms with Gasteiger partial charge in [0.05, 0.1) is 6.61 Å². The number of rotatable bonds is 13. The van der Waals surface area contributed by atoms with E-state index in [2.05, 4.69) is 37.9 Å². The lowest BCUT2D eigenvalue weighted by molar-refractivity contribution is 0.151. The minimum Gasteiger partial charge on any atom is -0.501 e. The second-order valence-corrected chi connectivity index (χ2v) is 10.6. The topological polar surface area (TPSA) is 77.3 Å². The molecule has 0 aliphatic heterocycles. The predicted octanol–water partition coefficient (Wildman–Crippen LogP) is 6.86. The van der Waals surface area contributed by atoms with Crippen LogP contribution in [0.4, 0.5) is 9.59 Å². The van der Waals surface area contributed by atoms with Crippen molar-refractivity contribution in [2.75, 3.05) is 6.61 Å². The van der Waals surface area contributed by atoms with Crippen molar-refractivity contribution in [2.24, 2.45) is 10.2 Å². The highest BCUT2D eigenvalue weighted by Gasteiger charge is 2.36. The Morgan fingerprint density at radius 3 is 1.76 bits per heavy atom. The highest BCUT2D eigenvalue weighted by Crippen LogP contribution is 2.28. The van der Waals surface area contributed by atoms with Crippen molar-refractivity contribution in [2.45, 2.75) is 97.2 Å². The van der Waals surface area contributed by atoms with E-state index in [0.717, 1.165) is 56.7 Å². The largest absolute Gasteiger partial charge is 0.501 e. The first-order valence-electron chi connectivity index (χ1n) is 9.85. The molecule has 0 rings (SSSR count). The summed E-state index contributed by atoms with van der Waals surface area (Å²) in [5.74, 6) is 0. The molecule has 0 bridgehead atoms. The zero-order valence-electron chi connectivity index (χ0n) is 16.5. The van der Waals surface area contributed by atoms with E-state index >= 15 is 0 Å². The molecule has 0 saturated heterocycles. The van der Waals surface area contributed by atoms with Crippen LogP contribution in [0.3, 0.4) is 0 Å². The van der Waals surface area contributed by atoms with Crippen LogP contribution in [0, 0.1) is 0 Å². The Bertz CT molecular complexity index is 386. The van der Waals surface area contributed by atoms with E-state index in [9.17, 15) is 9.59 Å². The number of azo groups is 1. The fourth-order valence-corrected chi connectivity index (χ4v) is 7.28. The summed E-state index contributed by atoms with van der Waals surface area (Å²) in [4.78, 5) is 23.5. The normalized spacial score (nSPS) is 11.7. The first-order chi connectivity index (χ1) is 12.0. The third kappa shape index (κ3) is 11.9. The number of unbranched alkanes of at least 4 members (excludes halogenated alkanes) is 4. The van der Waals surface area contributed by atoms with Crippen LogP contribution in [0.1, 0.15) is 79.1 Å². The van der Waals surface area contributed by atoms with Gasteiger partial charge in [-0.15, -0.1) is 0 Å². The molecule has 25 heavy (non-hydrogen) atoms. The second-order valence-electron chi connectivity index (χ2n) is 6.53. The Morgan fingerprint density at radius 1 is 0.720 bits per heavy atom. The Balaban J connectivity index is 4.33. The van der Waals surface area contributed by atoms with Crippen LogP contribution in [0.15, 0.2) is 10.2 Å². The first kappa shape index (κ1) is 23.8. The quantitative estimate of drug-likeness (QED) is 0.201. The summed E-state index contributed by atoms with van der Waals surface area (Å²) in [6.07, 6.45) is 6.73. The third-order valence-corrected chi connectivity index (χ3v) is 8.95. The summed E-state index contributed by atoms with van der Waals surface area (Å²) in [6.45, 7) is 8.76. The standard InChI is InChI=1S/C18H36N2O4Si/c1-5-9-10-11-12-13-23-17(21)19-20-18(22)24-25(14-6-2,15-7-3)16-8-4/h5-16H2,1-4H3. The zero-order valence-corrected chi connectivity index (χ0v) is 17.5. The molecule has 0 fully saturated rings. The van der Waals surface area contributed by atoms with Gasteiger partial charge in [-0.1, -0.05) is 82.9 Å². The molecule has 0 spiro atoms. The van der Waals surface area contributed by atoms with Gasteiger partial charge in [0.1, 0.15) is 0 Å². The molecule has 146 valence electrons. The van der Waals surface area contributed by atoms with Gasteiger partial charge in [0.2, 0.25) is 0 Å². The Morgan fingerprint density at radius 2 is 1.24 bits per heavy atom. The highest BCUT2D eigenvalue weighted by atomic mass is 28.4. The highest BCUT2D eigenvalue weighted by molar-refractivity contribution is 6.75. The van der Waals surface area contributed by atoms with Crippen LogP contribution in [-0.4, -0.2) is 27.1 Å². The summed E-state index contributed by atoms with van der Waals surface area (Å²) in [5, 5.41) is 6.74. The van der Waals surface area contributed by atoms with Crippen molar-refractivity contribution in [3.8, 4) is 0 Å². The molecule has 0 heterocycles. The van der Waals surface area contributed by atoms with Crippen molar-refractivity contribution < 1.29 is 18.8 Å². The molecule has 0 unspecified atom stereocenters. The van der Waals surface area contributed by atoms with Gasteiger partial charge >= 0.3 is 12.2 Å². The molecule has 0 aromatic carbocycles. The molecular weight excluding hydrogens is 336 g/mol. The molecule has 0 aromatic heterocycles. The minimum atomic E-state index is -2.13. The second kappa shape index (κ2) is 15.0. The maximum atomic E-state index is 12.0. The van der Waals surface area contributed by atoms with Crippen molar-refractivity contribution in [1.82, 2.24) is 0 Å². The molecule has 7 heteroatoms. The zero-order chi connectivity index (χ0) is 19.0. The third-order valence-electron chi connectivity index (χ3n) is 4.11. The number of hydrogen-bond acceptors (Lipinski definition) is 4. The number of amides is 2. The summed E-state index contributed by atoms with van der Waals surface area (Å²) >= 11 is 0. The lowest BCUT2D eigenvalue weighted by Gasteiger charge is -2.29. The number of carbonyl (C=O) groups excluding carboxylic acids is 2. The Labute approximate surface area is 153 Å². The maximum absolute atomic E-state index is 12.0. The molecule has 0 N–H and O–H groups in total. The molecule has 0 atom stereocenters. The van der Waals surface area contributed by atoms with Gasteiger partial charge in [-0.05, 0) is 24.6 Å². The molecule has 0 aliphatic carbocycles. The molecule has 2 amide bonds. The Hall–Kier alpha value is -1.24. The van der Waals surface area contributed by atoms with Crippen LogP contribution in [0.25, 0.3) is 0 Å². The summed E-state index contributed by atoms with van der Waals surface area (Å²) in [5.41, 5.74) is 0. The average molecular weight is 373 g/mol. The van der Waals surface area contributed by atoms with E-state index in [-0.39, 0.29) is 0 Å². The van der Waals surface area contributed by atoms with E-state index in [1.165, 1.54) is 12.8 Å². The summed E-state index contributed by atoms with van der Waals surface area (Å²) in [7, 11) is -2.13. The Kier molecular flexibility index (Phi) is 14.3. The summed E-state index contributed by atoms with van der Waals surface area (Å²) < 4.78 is 10.7. The number of hydrogen-bond donors (Lipinski definition) is 0. The molecule has 6 nitrogen and oxygen atoms in total. The van der Waals surface area contributed by atoms with Crippen LogP contribution in [0.5, 0.6) is 0 Å². The van der Waals surface area contributed by atoms with Crippen molar-refractivity contribution in [3.63, 3.8) is 0 Å². The van der Waals surface area contributed by atoms with Crippen LogP contribution >= 0.6 is 0 Å². The maximum Gasteiger partial charge on any atom is 0.452 e. The number of ether oxygens (including phenoxy) is 1. The number of carbonyl (C=O) groups is 2. The fraction of sp³-hybridized carbons (Fsp3) is 0.889. The van der Waals surface area contributed by atoms with Gasteiger partial charge in [-0.2, -0.15) is 0 Å². The van der Waals surface area contributed by atoms with Crippen molar-refractivity contribution >= 4 is 20.5 Å². The van der Waals surface area contributed by atoms with Gasteiger partial charge in [0.25, 0.3) is 8.32 Å². The van der Waals surface area contributed by atoms with E-state index in [1.54, 1.807) is 0 Å². The van der Waals surface area contributed by atoms with E-state index in [1.807, 2.05) is 0 Å². The van der Waals surface area contributed by atoms with Crippen molar-refractivity contribution in [3.05, 3.63) is 0 Å². The molecule has 0 saturated carbocycles. The van der Waals surface area contributed by atoms with Crippen LogP contribution < -0.4 is 0 Å². The lowest BCUT2D eigenvalue weighted by Crippen LogP contribution is -2.39. The van der Waals surface area contributed by atoms with Gasteiger partial charge in [-0.25, -0.2) is 9.59 Å². The molecule has 0 aliphatic rings. The lowest BCUT2D eigenvalue weighted by atomic mass is 10.2. The van der Waals surface area contributed by atoms with E-state index in [4.69, 9.17) is 9.16 Å². The summed E-state index contributed by atoms with van der Waals surface area (Å²) in [6, 6.07) is 2.79. The molecule has 0 radical (unpaired) electrons. The van der Waals surface area contributed by atoms with Gasteiger partial charge in [0, 0.05) is 0 Å². The van der Waals surface area contributed by atoms with Gasteiger partial charge in [0.15, 0.2) is 0 Å². The first-order valence-corrected chi connectivity index (χ1v) is 12.4. The monoisotopic (exact) mass is 372 g/mol. The number of nitrogens with zero attached hydrogens (tertiary/aromatic N) is 2. The van der Waals surface area contributed by atoms with Gasteiger partial charge in [-0.3, -0.25) is 0 Å². The van der Waals surface area contributed by atoms with Gasteiger partial charge < -0.3 is 9.16 Å². The van der Waals surface area contributed by atoms with Crippen LogP contribution in [0.2, 0.25) is 18.1 Å². The SMILES string of the molecule is CCCCCCCOC(=O)N=NC(=O)O[Si](CCC)(CCC)CCC. The van der Waals surface area contributed by atoms with Crippen LogP contribution in [-0.2, 0) is 9.16 Å².